The summed E-state index contributed by atoms with van der Waals surface area (Å²) in [6, 6.07) is 4.22. The highest BCUT2D eigenvalue weighted by molar-refractivity contribution is 5.82. The second kappa shape index (κ2) is 5.91. The van der Waals surface area contributed by atoms with Gasteiger partial charge < -0.3 is 4.98 Å². The van der Waals surface area contributed by atoms with Gasteiger partial charge in [-0.2, -0.15) is 5.26 Å². The minimum Gasteiger partial charge on any atom is -0.365 e. The van der Waals surface area contributed by atoms with E-state index in [2.05, 4.69) is 24.6 Å². The molecule has 17 heavy (non-hydrogen) atoms. The van der Waals surface area contributed by atoms with Crippen LogP contribution in [0.25, 0.3) is 5.57 Å². The highest BCUT2D eigenvalue weighted by atomic mass is 14.7. The van der Waals surface area contributed by atoms with Crippen molar-refractivity contribution in [2.45, 2.75) is 27.2 Å². The van der Waals surface area contributed by atoms with Crippen molar-refractivity contribution >= 4 is 5.57 Å². The van der Waals surface area contributed by atoms with Gasteiger partial charge in [0.05, 0.1) is 11.6 Å². The van der Waals surface area contributed by atoms with Gasteiger partial charge in [-0.25, -0.2) is 0 Å². The van der Waals surface area contributed by atoms with E-state index in [9.17, 15) is 5.26 Å². The first-order valence-electron chi connectivity index (χ1n) is 5.72. The largest absolute Gasteiger partial charge is 0.365 e. The van der Waals surface area contributed by atoms with Crippen LogP contribution in [0.2, 0.25) is 0 Å². The van der Waals surface area contributed by atoms with Gasteiger partial charge in [0.1, 0.15) is 0 Å². The number of hydrogen-bond donors (Lipinski definition) is 1. The SMILES string of the molecule is C=C/C(=C(C#N)/C=C(\C)CC)c1cc[nH]c1C. The van der Waals surface area contributed by atoms with Crippen molar-refractivity contribution in [2.24, 2.45) is 0 Å². The fourth-order valence-corrected chi connectivity index (χ4v) is 1.63. The fraction of sp³-hybridized carbons (Fsp3) is 0.267. The molecule has 0 fully saturated rings. The number of nitrogens with zero attached hydrogens (tertiary/aromatic N) is 1. The second-order valence-corrected chi connectivity index (χ2v) is 4.00. The van der Waals surface area contributed by atoms with Crippen molar-refractivity contribution in [2.75, 3.05) is 0 Å². The Morgan fingerprint density at radius 3 is 2.71 bits per heavy atom. The van der Waals surface area contributed by atoms with Crippen molar-refractivity contribution in [3.05, 3.63) is 53.4 Å². The van der Waals surface area contributed by atoms with Crippen LogP contribution in [0.3, 0.4) is 0 Å². The summed E-state index contributed by atoms with van der Waals surface area (Å²) in [5, 5.41) is 9.25. The molecule has 2 heteroatoms. The maximum absolute atomic E-state index is 9.25. The van der Waals surface area contributed by atoms with Gasteiger partial charge in [0, 0.05) is 23.0 Å². The quantitative estimate of drug-likeness (QED) is 0.608. The minimum absolute atomic E-state index is 0.669. The van der Waals surface area contributed by atoms with Gasteiger partial charge >= 0.3 is 0 Å². The number of allylic oxidation sites excluding steroid dienone is 5. The van der Waals surface area contributed by atoms with Gasteiger partial charge in [0.2, 0.25) is 0 Å². The summed E-state index contributed by atoms with van der Waals surface area (Å²) >= 11 is 0. The zero-order valence-electron chi connectivity index (χ0n) is 10.7. The molecule has 0 aliphatic rings. The van der Waals surface area contributed by atoms with Gasteiger partial charge in [-0.1, -0.05) is 25.2 Å². The number of hydrogen-bond acceptors (Lipinski definition) is 1. The van der Waals surface area contributed by atoms with Crippen molar-refractivity contribution < 1.29 is 0 Å². The molecular formula is C15H18N2. The Morgan fingerprint density at radius 2 is 2.29 bits per heavy atom. The maximum atomic E-state index is 9.25. The summed E-state index contributed by atoms with van der Waals surface area (Å²) in [4.78, 5) is 3.12. The Labute approximate surface area is 103 Å². The molecule has 0 saturated carbocycles. The average Bonchev–Trinajstić information content (AvgIpc) is 2.75. The molecule has 0 amide bonds. The number of aromatic amines is 1. The summed E-state index contributed by atoms with van der Waals surface area (Å²) in [6.45, 7) is 9.91. The molecule has 1 N–H and O–H groups in total. The minimum atomic E-state index is 0.669. The summed E-state index contributed by atoms with van der Waals surface area (Å²) in [6.07, 6.45) is 6.50. The van der Waals surface area contributed by atoms with E-state index >= 15 is 0 Å². The van der Waals surface area contributed by atoms with Crippen LogP contribution in [-0.4, -0.2) is 4.98 Å². The van der Waals surface area contributed by atoms with Crippen molar-refractivity contribution in [1.82, 2.24) is 4.98 Å². The molecule has 2 nitrogen and oxygen atoms in total. The van der Waals surface area contributed by atoms with Gasteiger partial charge in [-0.05, 0) is 32.4 Å². The van der Waals surface area contributed by atoms with Crippen LogP contribution in [0.5, 0.6) is 0 Å². The fourth-order valence-electron chi connectivity index (χ4n) is 1.63. The first kappa shape index (κ1) is 13.1. The zero-order chi connectivity index (χ0) is 12.8. The van der Waals surface area contributed by atoms with Crippen LogP contribution in [-0.2, 0) is 0 Å². The maximum Gasteiger partial charge on any atom is 0.0998 e. The van der Waals surface area contributed by atoms with Crippen LogP contribution in [0, 0.1) is 18.3 Å². The van der Waals surface area contributed by atoms with E-state index in [1.165, 1.54) is 5.57 Å². The lowest BCUT2D eigenvalue weighted by molar-refractivity contribution is 1.10. The lowest BCUT2D eigenvalue weighted by Crippen LogP contribution is -1.88. The molecule has 88 valence electrons. The molecule has 0 unspecified atom stereocenters. The van der Waals surface area contributed by atoms with Crippen LogP contribution < -0.4 is 0 Å². The van der Waals surface area contributed by atoms with Crippen LogP contribution in [0.1, 0.15) is 31.5 Å². The monoisotopic (exact) mass is 226 g/mol. The van der Waals surface area contributed by atoms with Crippen LogP contribution >= 0.6 is 0 Å². The molecule has 0 aromatic carbocycles. The Hall–Kier alpha value is -2.01. The predicted octanol–water partition coefficient (Wildman–Crippen LogP) is 4.14. The smallest absolute Gasteiger partial charge is 0.0998 e. The van der Waals surface area contributed by atoms with Gasteiger partial charge in [-0.3, -0.25) is 0 Å². The summed E-state index contributed by atoms with van der Waals surface area (Å²) in [5.41, 5.74) is 4.84. The number of H-pyrrole nitrogens is 1. The van der Waals surface area contributed by atoms with E-state index in [0.29, 0.717) is 5.57 Å². The van der Waals surface area contributed by atoms with Gasteiger partial charge in [0.25, 0.3) is 0 Å². The topological polar surface area (TPSA) is 39.6 Å². The van der Waals surface area contributed by atoms with Crippen molar-refractivity contribution in [3.63, 3.8) is 0 Å². The number of aryl methyl sites for hydroxylation is 1. The average molecular weight is 226 g/mol. The van der Waals surface area contributed by atoms with E-state index < -0.39 is 0 Å². The van der Waals surface area contributed by atoms with Gasteiger partial charge in [0.15, 0.2) is 0 Å². The normalized spacial score (nSPS) is 12.9. The first-order valence-corrected chi connectivity index (χ1v) is 5.72. The van der Waals surface area contributed by atoms with E-state index in [-0.39, 0.29) is 0 Å². The first-order chi connectivity index (χ1) is 8.13. The molecule has 0 atom stereocenters. The molecule has 1 aromatic rings. The third kappa shape index (κ3) is 2.98. The van der Waals surface area contributed by atoms with Crippen LogP contribution in [0.15, 0.2) is 42.1 Å². The van der Waals surface area contributed by atoms with Gasteiger partial charge in [-0.15, -0.1) is 0 Å². The zero-order valence-corrected chi connectivity index (χ0v) is 10.7. The van der Waals surface area contributed by atoms with Crippen molar-refractivity contribution in [3.8, 4) is 6.07 Å². The standard InChI is InChI=1S/C15H18N2/c1-5-11(3)9-13(10-16)14(6-2)15-7-8-17-12(15)4/h6-9,17H,2,5H2,1,3-4H3/b11-9+,14-13+. The number of nitriles is 1. The Kier molecular flexibility index (Phi) is 4.54. The third-order valence-electron chi connectivity index (χ3n) is 2.81. The molecule has 0 bridgehead atoms. The van der Waals surface area contributed by atoms with E-state index in [1.54, 1.807) is 6.08 Å². The highest BCUT2D eigenvalue weighted by Crippen LogP contribution is 2.24. The summed E-state index contributed by atoms with van der Waals surface area (Å²) < 4.78 is 0. The highest BCUT2D eigenvalue weighted by Gasteiger charge is 2.07. The summed E-state index contributed by atoms with van der Waals surface area (Å²) in [5.74, 6) is 0. The van der Waals surface area contributed by atoms with Crippen LogP contribution in [0.4, 0.5) is 0 Å². The summed E-state index contributed by atoms with van der Waals surface area (Å²) in [7, 11) is 0. The molecule has 1 heterocycles. The third-order valence-corrected chi connectivity index (χ3v) is 2.81. The Balaban J connectivity index is 3.36. The molecule has 1 aromatic heterocycles. The molecule has 0 radical (unpaired) electrons. The Bertz CT molecular complexity index is 507. The predicted molar refractivity (Wildman–Crippen MR) is 72.3 cm³/mol. The second-order valence-electron chi connectivity index (χ2n) is 4.00. The van der Waals surface area contributed by atoms with Crippen molar-refractivity contribution in [1.29, 1.82) is 5.26 Å². The number of aromatic nitrogens is 1. The molecule has 1 rings (SSSR count). The number of nitrogens with one attached hydrogen (secondary N) is 1. The Morgan fingerprint density at radius 1 is 1.59 bits per heavy atom. The van der Waals surface area contributed by atoms with E-state index in [0.717, 1.165) is 23.3 Å². The molecular weight excluding hydrogens is 208 g/mol. The molecule has 0 aliphatic heterocycles. The van der Waals surface area contributed by atoms with E-state index in [1.807, 2.05) is 32.2 Å². The number of rotatable bonds is 4. The molecule has 0 aliphatic carbocycles. The lowest BCUT2D eigenvalue weighted by Gasteiger charge is -2.04. The molecule has 0 spiro atoms. The lowest BCUT2D eigenvalue weighted by atomic mass is 9.99. The molecule has 0 saturated heterocycles. The van der Waals surface area contributed by atoms with E-state index in [4.69, 9.17) is 0 Å².